The summed E-state index contributed by atoms with van der Waals surface area (Å²) in [5.41, 5.74) is 8.41. The van der Waals surface area contributed by atoms with Crippen LogP contribution in [-0.2, 0) is 21.5 Å². The molecule has 8 rings (SSSR count). The molecule has 3 fully saturated rings. The highest BCUT2D eigenvalue weighted by molar-refractivity contribution is 9.10. The molecule has 4 aliphatic rings. The zero-order valence-electron chi connectivity index (χ0n) is 21.5. The van der Waals surface area contributed by atoms with Gasteiger partial charge >= 0.3 is 6.09 Å². The number of nitrogens with one attached hydrogen (secondary N) is 1. The van der Waals surface area contributed by atoms with Crippen molar-refractivity contribution in [2.45, 2.75) is 37.3 Å². The normalized spacial score (nSPS) is 21.1. The summed E-state index contributed by atoms with van der Waals surface area (Å²) in [5, 5.41) is 0. The molecule has 2 saturated heterocycles. The molecule has 0 radical (unpaired) electrons. The van der Waals surface area contributed by atoms with Crippen LogP contribution in [0.4, 0.5) is 4.79 Å². The van der Waals surface area contributed by atoms with E-state index < -0.39 is 0 Å². The van der Waals surface area contributed by atoms with E-state index in [0.717, 1.165) is 52.9 Å². The fraction of sp³-hybridized carbons (Fsp3) is 0.312. The molecule has 0 bridgehead atoms. The second-order valence-electron chi connectivity index (χ2n) is 11.6. The number of H-pyrrole nitrogens is 1. The van der Waals surface area contributed by atoms with Gasteiger partial charge in [-0.25, -0.2) is 9.78 Å². The lowest BCUT2D eigenvalue weighted by atomic mass is 9.76. The van der Waals surface area contributed by atoms with E-state index >= 15 is 0 Å². The molecule has 1 N–H and O–H groups in total. The molecule has 0 unspecified atom stereocenters. The number of aromatic nitrogens is 2. The smallest absolute Gasteiger partial charge is 0.410 e. The standard InChI is InChI=1S/C32H28BrN3O3/c33-22-7-9-24-23-8-6-21(12-25(23)32(18-38-19-32)26(24)13-22)27-15-34-29(35-27)28-14-31(10-11-31)17-36(28)30(37)39-16-20-4-2-1-3-5-20/h1-9,12-13,15,28H,10-11,14,16-19H2,(H,34,35)/t28-/m0/s1. The number of amides is 1. The number of rotatable bonds is 4. The van der Waals surface area contributed by atoms with E-state index in [1.165, 1.54) is 22.3 Å². The summed E-state index contributed by atoms with van der Waals surface area (Å²) >= 11 is 3.66. The number of aromatic amines is 1. The molecule has 2 aliphatic carbocycles. The monoisotopic (exact) mass is 581 g/mol. The minimum Gasteiger partial charge on any atom is -0.445 e. The van der Waals surface area contributed by atoms with Gasteiger partial charge in [0.2, 0.25) is 0 Å². The van der Waals surface area contributed by atoms with Gasteiger partial charge in [0.1, 0.15) is 12.4 Å². The second kappa shape index (κ2) is 8.54. The number of benzene rings is 3. The lowest BCUT2D eigenvalue weighted by Crippen LogP contribution is -2.46. The molecule has 6 nitrogen and oxygen atoms in total. The SMILES string of the molecule is O=C(OCc1ccccc1)N1CC2(CC2)C[C@H]1c1ncc(-c2ccc3c(c2)C2(COC2)c2cc(Br)ccc2-3)[nH]1. The number of halogens is 1. The van der Waals surface area contributed by atoms with Crippen LogP contribution in [0, 0.1) is 5.41 Å². The van der Waals surface area contributed by atoms with E-state index in [9.17, 15) is 4.79 Å². The second-order valence-corrected chi connectivity index (χ2v) is 12.5. The van der Waals surface area contributed by atoms with Gasteiger partial charge in [-0.15, -0.1) is 0 Å². The Morgan fingerprint density at radius 1 is 1.05 bits per heavy atom. The van der Waals surface area contributed by atoms with Gasteiger partial charge in [-0.1, -0.05) is 64.5 Å². The van der Waals surface area contributed by atoms with Crippen molar-refractivity contribution in [1.29, 1.82) is 0 Å². The molecule has 7 heteroatoms. The Hall–Kier alpha value is -3.42. The molecule has 1 saturated carbocycles. The van der Waals surface area contributed by atoms with Gasteiger partial charge in [0.05, 0.1) is 36.6 Å². The van der Waals surface area contributed by atoms with Gasteiger partial charge < -0.3 is 14.5 Å². The number of carbonyl (C=O) groups is 1. The molecular formula is C32H28BrN3O3. The predicted octanol–water partition coefficient (Wildman–Crippen LogP) is 7.00. The summed E-state index contributed by atoms with van der Waals surface area (Å²) in [6.45, 7) is 2.41. The fourth-order valence-corrected chi connectivity index (χ4v) is 7.10. The Morgan fingerprint density at radius 3 is 2.56 bits per heavy atom. The summed E-state index contributed by atoms with van der Waals surface area (Å²) < 4.78 is 12.6. The van der Waals surface area contributed by atoms with E-state index in [-0.39, 0.29) is 29.6 Å². The Labute approximate surface area is 235 Å². The molecule has 1 aromatic heterocycles. The summed E-state index contributed by atoms with van der Waals surface area (Å²) in [6.07, 6.45) is 4.88. The lowest BCUT2D eigenvalue weighted by Gasteiger charge is -2.40. The molecule has 3 heterocycles. The zero-order chi connectivity index (χ0) is 26.2. The van der Waals surface area contributed by atoms with E-state index in [4.69, 9.17) is 14.5 Å². The van der Waals surface area contributed by atoms with Crippen LogP contribution in [0.15, 0.2) is 77.4 Å². The quantitative estimate of drug-likeness (QED) is 0.282. The largest absolute Gasteiger partial charge is 0.445 e. The Kier molecular flexibility index (Phi) is 5.14. The molecule has 39 heavy (non-hydrogen) atoms. The maximum atomic E-state index is 13.2. The van der Waals surface area contributed by atoms with Crippen molar-refractivity contribution < 1.29 is 14.3 Å². The first kappa shape index (κ1) is 23.5. The van der Waals surface area contributed by atoms with Gasteiger partial charge in [0.25, 0.3) is 0 Å². The molecular weight excluding hydrogens is 554 g/mol. The van der Waals surface area contributed by atoms with Crippen LogP contribution < -0.4 is 0 Å². The third-order valence-corrected chi connectivity index (χ3v) is 9.64. The first-order valence-electron chi connectivity index (χ1n) is 13.6. The van der Waals surface area contributed by atoms with Crippen LogP contribution in [-0.4, -0.2) is 40.7 Å². The van der Waals surface area contributed by atoms with Crippen molar-refractivity contribution in [2.75, 3.05) is 19.8 Å². The summed E-state index contributed by atoms with van der Waals surface area (Å²) in [6, 6.07) is 23.0. The molecule has 2 aliphatic heterocycles. The van der Waals surface area contributed by atoms with Gasteiger partial charge in [-0.05, 0) is 76.3 Å². The predicted molar refractivity (Wildman–Crippen MR) is 151 cm³/mol. The number of hydrogen-bond donors (Lipinski definition) is 1. The van der Waals surface area contributed by atoms with Crippen LogP contribution >= 0.6 is 15.9 Å². The topological polar surface area (TPSA) is 67.4 Å². The minimum absolute atomic E-state index is 0.0869. The number of fused-ring (bicyclic) bond motifs is 5. The van der Waals surface area contributed by atoms with E-state index in [1.54, 1.807) is 0 Å². The van der Waals surface area contributed by atoms with Gasteiger partial charge in [-0.2, -0.15) is 0 Å². The third-order valence-electron chi connectivity index (χ3n) is 9.15. The molecule has 4 aromatic rings. The first-order valence-corrected chi connectivity index (χ1v) is 14.4. The van der Waals surface area contributed by atoms with Crippen molar-refractivity contribution >= 4 is 22.0 Å². The average Bonchev–Trinajstić information content (AvgIpc) is 3.25. The molecule has 1 atom stereocenters. The lowest BCUT2D eigenvalue weighted by molar-refractivity contribution is -0.0358. The van der Waals surface area contributed by atoms with Crippen molar-refractivity contribution in [3.8, 4) is 22.4 Å². The first-order chi connectivity index (χ1) is 19.0. The van der Waals surface area contributed by atoms with E-state index in [2.05, 4.69) is 57.3 Å². The number of hydrogen-bond acceptors (Lipinski definition) is 4. The molecule has 1 amide bonds. The van der Waals surface area contributed by atoms with Crippen molar-refractivity contribution in [1.82, 2.24) is 14.9 Å². The average molecular weight is 582 g/mol. The Balaban J connectivity index is 1.08. The molecule has 2 spiro atoms. The summed E-state index contributed by atoms with van der Waals surface area (Å²) in [7, 11) is 0. The maximum Gasteiger partial charge on any atom is 0.410 e. The fourth-order valence-electron chi connectivity index (χ4n) is 6.74. The van der Waals surface area contributed by atoms with Crippen LogP contribution in [0.1, 0.15) is 47.8 Å². The zero-order valence-corrected chi connectivity index (χ0v) is 23.0. The molecule has 3 aromatic carbocycles. The highest BCUT2D eigenvalue weighted by Gasteiger charge is 2.55. The summed E-state index contributed by atoms with van der Waals surface area (Å²) in [4.78, 5) is 23.5. The van der Waals surface area contributed by atoms with Gasteiger partial charge in [-0.3, -0.25) is 4.90 Å². The Morgan fingerprint density at radius 2 is 1.82 bits per heavy atom. The van der Waals surface area contributed by atoms with Crippen LogP contribution in [0.25, 0.3) is 22.4 Å². The van der Waals surface area contributed by atoms with Crippen molar-refractivity contribution in [2.24, 2.45) is 5.41 Å². The highest BCUT2D eigenvalue weighted by atomic mass is 79.9. The molecule has 196 valence electrons. The number of carbonyl (C=O) groups excluding carboxylic acids is 1. The van der Waals surface area contributed by atoms with Gasteiger partial charge in [0.15, 0.2) is 0 Å². The van der Waals surface area contributed by atoms with E-state index in [1.807, 2.05) is 41.4 Å². The van der Waals surface area contributed by atoms with Gasteiger partial charge in [0, 0.05) is 11.0 Å². The number of ether oxygens (including phenoxy) is 2. The maximum absolute atomic E-state index is 13.2. The third kappa shape index (κ3) is 3.70. The minimum atomic E-state index is -0.265. The van der Waals surface area contributed by atoms with Crippen LogP contribution in [0.5, 0.6) is 0 Å². The van der Waals surface area contributed by atoms with Crippen LogP contribution in [0.2, 0.25) is 0 Å². The summed E-state index contributed by atoms with van der Waals surface area (Å²) in [5.74, 6) is 0.833. The number of likely N-dealkylation sites (tertiary alicyclic amines) is 1. The number of imidazole rings is 1. The van der Waals surface area contributed by atoms with Crippen molar-refractivity contribution in [3.05, 3.63) is 99.9 Å². The highest BCUT2D eigenvalue weighted by Crippen LogP contribution is 2.58. The van der Waals surface area contributed by atoms with E-state index in [0.29, 0.717) is 13.2 Å². The van der Waals surface area contributed by atoms with Crippen LogP contribution in [0.3, 0.4) is 0 Å². The Bertz CT molecular complexity index is 1610. The number of nitrogens with zero attached hydrogens (tertiary/aromatic N) is 2. The van der Waals surface area contributed by atoms with Crippen molar-refractivity contribution in [3.63, 3.8) is 0 Å².